The summed E-state index contributed by atoms with van der Waals surface area (Å²) in [6, 6.07) is 3.10. The largest absolute Gasteiger partial charge is 0.330 e. The average Bonchev–Trinajstić information content (AvgIpc) is 2.39. The Hall–Kier alpha value is -1.95. The molecule has 0 aromatic heterocycles. The third-order valence-corrected chi connectivity index (χ3v) is 3.36. The number of carbonyl (C=O) groups is 1. The van der Waals surface area contributed by atoms with Crippen molar-refractivity contribution in [1.82, 2.24) is 0 Å². The number of anilines is 1. The number of nitrogens with one attached hydrogen (secondary N) is 1. The second-order valence-electron chi connectivity index (χ2n) is 4.92. The molecule has 0 aliphatic rings. The second kappa shape index (κ2) is 7.00. The van der Waals surface area contributed by atoms with Gasteiger partial charge < -0.3 is 11.1 Å². The van der Waals surface area contributed by atoms with Gasteiger partial charge in [0.1, 0.15) is 5.69 Å². The summed E-state index contributed by atoms with van der Waals surface area (Å²) < 4.78 is 0. The number of carbonyl (C=O) groups excluding carboxylic acids is 1. The first kappa shape index (κ1) is 16.1. The van der Waals surface area contributed by atoms with E-state index in [9.17, 15) is 14.9 Å². The molecule has 6 heteroatoms. The van der Waals surface area contributed by atoms with Gasteiger partial charge in [0.2, 0.25) is 5.91 Å². The van der Waals surface area contributed by atoms with Gasteiger partial charge in [-0.1, -0.05) is 13.3 Å². The zero-order valence-corrected chi connectivity index (χ0v) is 12.1. The van der Waals surface area contributed by atoms with Crippen LogP contribution in [0, 0.1) is 29.9 Å². The van der Waals surface area contributed by atoms with Crippen LogP contribution in [0.5, 0.6) is 0 Å². The van der Waals surface area contributed by atoms with E-state index in [0.717, 1.165) is 17.5 Å². The first-order chi connectivity index (χ1) is 9.40. The van der Waals surface area contributed by atoms with Crippen molar-refractivity contribution in [1.29, 1.82) is 0 Å². The Morgan fingerprint density at radius 3 is 2.50 bits per heavy atom. The van der Waals surface area contributed by atoms with Crippen molar-refractivity contribution < 1.29 is 9.72 Å². The van der Waals surface area contributed by atoms with Crippen LogP contribution in [-0.4, -0.2) is 17.4 Å². The number of benzene rings is 1. The molecule has 1 amide bonds. The third kappa shape index (κ3) is 3.77. The van der Waals surface area contributed by atoms with Gasteiger partial charge >= 0.3 is 0 Å². The molecule has 6 nitrogen and oxygen atoms in total. The highest BCUT2D eigenvalue weighted by Crippen LogP contribution is 2.28. The highest BCUT2D eigenvalue weighted by Gasteiger charge is 2.21. The molecular formula is C14H21N3O3. The van der Waals surface area contributed by atoms with Gasteiger partial charge in [0.15, 0.2) is 0 Å². The molecule has 0 saturated carbocycles. The fourth-order valence-corrected chi connectivity index (χ4v) is 1.99. The van der Waals surface area contributed by atoms with Crippen LogP contribution in [0.2, 0.25) is 0 Å². The molecule has 0 bridgehead atoms. The summed E-state index contributed by atoms with van der Waals surface area (Å²) in [6.07, 6.45) is 1.51. The lowest BCUT2D eigenvalue weighted by Crippen LogP contribution is -2.29. The van der Waals surface area contributed by atoms with E-state index in [-0.39, 0.29) is 29.7 Å². The summed E-state index contributed by atoms with van der Waals surface area (Å²) >= 11 is 0. The summed E-state index contributed by atoms with van der Waals surface area (Å²) in [5, 5.41) is 13.7. The summed E-state index contributed by atoms with van der Waals surface area (Å²) in [4.78, 5) is 22.7. The molecule has 1 atom stereocenters. The van der Waals surface area contributed by atoms with E-state index < -0.39 is 4.92 Å². The van der Waals surface area contributed by atoms with Gasteiger partial charge in [0.25, 0.3) is 5.69 Å². The van der Waals surface area contributed by atoms with E-state index in [4.69, 9.17) is 5.73 Å². The number of nitrogens with two attached hydrogens (primary N) is 1. The summed E-state index contributed by atoms with van der Waals surface area (Å²) in [5.41, 5.74) is 7.43. The summed E-state index contributed by atoms with van der Waals surface area (Å²) in [7, 11) is 0. The van der Waals surface area contributed by atoms with Crippen LogP contribution in [0.3, 0.4) is 0 Å². The minimum absolute atomic E-state index is 0.0891. The lowest BCUT2D eigenvalue weighted by atomic mass is 10.0. The number of nitrogens with zero attached hydrogens (tertiary/aromatic N) is 1. The normalized spacial score (nSPS) is 12.0. The first-order valence-corrected chi connectivity index (χ1v) is 6.67. The van der Waals surface area contributed by atoms with Crippen LogP contribution in [0.25, 0.3) is 0 Å². The Morgan fingerprint density at radius 2 is 2.00 bits per heavy atom. The Kier molecular flexibility index (Phi) is 5.64. The average molecular weight is 279 g/mol. The van der Waals surface area contributed by atoms with Crippen molar-refractivity contribution in [3.63, 3.8) is 0 Å². The number of nitro groups is 1. The van der Waals surface area contributed by atoms with Crippen molar-refractivity contribution in [2.45, 2.75) is 33.6 Å². The smallest absolute Gasteiger partial charge is 0.293 e. The maximum atomic E-state index is 12.1. The molecule has 1 unspecified atom stereocenters. The van der Waals surface area contributed by atoms with Gasteiger partial charge in [0, 0.05) is 12.6 Å². The molecule has 0 aliphatic carbocycles. The molecule has 0 aliphatic heterocycles. The van der Waals surface area contributed by atoms with Crippen molar-refractivity contribution >= 4 is 17.3 Å². The van der Waals surface area contributed by atoms with Crippen LogP contribution < -0.4 is 11.1 Å². The topological polar surface area (TPSA) is 98.3 Å². The highest BCUT2D eigenvalue weighted by molar-refractivity contribution is 5.95. The van der Waals surface area contributed by atoms with Crippen LogP contribution in [0.4, 0.5) is 11.4 Å². The van der Waals surface area contributed by atoms with Crippen molar-refractivity contribution in [3.05, 3.63) is 33.4 Å². The molecule has 0 heterocycles. The number of rotatable bonds is 6. The van der Waals surface area contributed by atoms with E-state index in [2.05, 4.69) is 5.32 Å². The minimum Gasteiger partial charge on any atom is -0.330 e. The van der Waals surface area contributed by atoms with Crippen LogP contribution in [0.15, 0.2) is 12.1 Å². The van der Waals surface area contributed by atoms with Crippen LogP contribution >= 0.6 is 0 Å². The maximum absolute atomic E-state index is 12.1. The highest BCUT2D eigenvalue weighted by atomic mass is 16.6. The van der Waals surface area contributed by atoms with Gasteiger partial charge in [0.05, 0.1) is 10.8 Å². The van der Waals surface area contributed by atoms with Gasteiger partial charge in [-0.05, 0) is 37.5 Å². The molecular weight excluding hydrogens is 258 g/mol. The lowest BCUT2D eigenvalue weighted by Gasteiger charge is -2.14. The van der Waals surface area contributed by atoms with Crippen molar-refractivity contribution in [2.24, 2.45) is 11.7 Å². The van der Waals surface area contributed by atoms with Crippen molar-refractivity contribution in [3.8, 4) is 0 Å². The fourth-order valence-electron chi connectivity index (χ4n) is 1.99. The first-order valence-electron chi connectivity index (χ1n) is 6.67. The van der Waals surface area contributed by atoms with Gasteiger partial charge in [-0.3, -0.25) is 14.9 Å². The monoisotopic (exact) mass is 279 g/mol. The Morgan fingerprint density at radius 1 is 1.40 bits per heavy atom. The third-order valence-electron chi connectivity index (χ3n) is 3.36. The summed E-state index contributed by atoms with van der Waals surface area (Å²) in [6.45, 7) is 5.85. The Balaban J connectivity index is 3.04. The predicted molar refractivity (Wildman–Crippen MR) is 78.7 cm³/mol. The van der Waals surface area contributed by atoms with Gasteiger partial charge in [-0.2, -0.15) is 0 Å². The van der Waals surface area contributed by atoms with E-state index in [1.165, 1.54) is 6.07 Å². The molecule has 0 fully saturated rings. The molecule has 1 aromatic carbocycles. The van der Waals surface area contributed by atoms with E-state index in [1.807, 2.05) is 13.8 Å². The molecule has 0 saturated heterocycles. The molecule has 110 valence electrons. The van der Waals surface area contributed by atoms with Gasteiger partial charge in [-0.15, -0.1) is 0 Å². The number of amides is 1. The number of hydrogen-bond acceptors (Lipinski definition) is 4. The van der Waals surface area contributed by atoms with E-state index >= 15 is 0 Å². The number of hydrogen-bond donors (Lipinski definition) is 2. The number of aryl methyl sites for hydroxylation is 2. The van der Waals surface area contributed by atoms with Crippen LogP contribution in [0.1, 0.15) is 30.9 Å². The van der Waals surface area contributed by atoms with Crippen molar-refractivity contribution in [2.75, 3.05) is 11.9 Å². The molecule has 0 spiro atoms. The number of nitro benzene ring substituents is 1. The van der Waals surface area contributed by atoms with Crippen LogP contribution in [-0.2, 0) is 4.79 Å². The predicted octanol–water partition coefficient (Wildman–Crippen LogP) is 2.53. The molecule has 20 heavy (non-hydrogen) atoms. The standard InChI is InChI=1S/C14H21N3O3/c1-4-5-11(8-15)14(18)16-12-6-9(2)10(3)7-13(12)17(19)20/h6-7,11H,4-5,8,15H2,1-3H3,(H,16,18). The molecule has 0 radical (unpaired) electrons. The quantitative estimate of drug-likeness (QED) is 0.617. The minimum atomic E-state index is -0.487. The SMILES string of the molecule is CCCC(CN)C(=O)Nc1cc(C)c(C)cc1[N+](=O)[O-]. The lowest BCUT2D eigenvalue weighted by molar-refractivity contribution is -0.384. The van der Waals surface area contributed by atoms with E-state index in [1.54, 1.807) is 13.0 Å². The van der Waals surface area contributed by atoms with Gasteiger partial charge in [-0.25, -0.2) is 0 Å². The summed E-state index contributed by atoms with van der Waals surface area (Å²) in [5.74, 6) is -0.582. The van der Waals surface area contributed by atoms with E-state index in [0.29, 0.717) is 6.42 Å². The molecule has 1 rings (SSSR count). The molecule has 3 N–H and O–H groups in total. The molecule has 1 aromatic rings. The zero-order valence-electron chi connectivity index (χ0n) is 12.1. The Bertz CT molecular complexity index is 515. The second-order valence-corrected chi connectivity index (χ2v) is 4.92. The zero-order chi connectivity index (χ0) is 15.3. The maximum Gasteiger partial charge on any atom is 0.293 e. The Labute approximate surface area is 118 Å². The fraction of sp³-hybridized carbons (Fsp3) is 0.500.